The Morgan fingerprint density at radius 1 is 0.968 bits per heavy atom. The highest BCUT2D eigenvalue weighted by molar-refractivity contribution is 5.67. The summed E-state index contributed by atoms with van der Waals surface area (Å²) in [5.74, 6) is 0.328. The minimum atomic E-state index is 0.328. The molecule has 0 saturated carbocycles. The Morgan fingerprint density at radius 2 is 1.71 bits per heavy atom. The maximum Gasteiger partial charge on any atom is 0.315 e. The zero-order valence-corrected chi connectivity index (χ0v) is 17.6. The number of hydrogen-bond donors (Lipinski definition) is 1. The Kier molecular flexibility index (Phi) is 6.03. The second-order valence-electron chi connectivity index (χ2n) is 7.28. The molecule has 4 rings (SSSR count). The quantitative estimate of drug-likeness (QED) is 0.460. The van der Waals surface area contributed by atoms with Gasteiger partial charge >= 0.3 is 6.01 Å². The third kappa shape index (κ3) is 4.95. The Bertz CT molecular complexity index is 1150. The lowest BCUT2D eigenvalue weighted by atomic mass is 10.1. The predicted octanol–water partition coefficient (Wildman–Crippen LogP) is 4.38. The third-order valence-electron chi connectivity index (χ3n) is 4.87. The molecule has 0 radical (unpaired) electrons. The molecule has 0 aliphatic heterocycles. The van der Waals surface area contributed by atoms with Crippen LogP contribution in [-0.4, -0.2) is 45.7 Å². The van der Waals surface area contributed by atoms with Crippen molar-refractivity contribution in [1.29, 1.82) is 0 Å². The van der Waals surface area contributed by atoms with Crippen LogP contribution >= 0.6 is 0 Å². The minimum absolute atomic E-state index is 0.328. The summed E-state index contributed by atoms with van der Waals surface area (Å²) in [6.07, 6.45) is 4.20. The molecule has 0 fully saturated rings. The monoisotopic (exact) mass is 412 g/mol. The van der Waals surface area contributed by atoms with Crippen molar-refractivity contribution < 1.29 is 4.42 Å². The van der Waals surface area contributed by atoms with E-state index in [0.717, 1.165) is 28.9 Å². The maximum atomic E-state index is 5.72. The van der Waals surface area contributed by atoms with Crippen LogP contribution in [0.3, 0.4) is 0 Å². The molecule has 0 saturated heterocycles. The van der Waals surface area contributed by atoms with Gasteiger partial charge in [-0.2, -0.15) is 0 Å². The second kappa shape index (κ2) is 9.21. The van der Waals surface area contributed by atoms with Crippen LogP contribution in [-0.2, 0) is 6.42 Å². The van der Waals surface area contributed by atoms with Crippen LogP contribution in [0.25, 0.3) is 28.5 Å². The Labute approximate surface area is 181 Å². The van der Waals surface area contributed by atoms with Gasteiger partial charge < -0.3 is 14.6 Å². The average molecular weight is 412 g/mol. The molecule has 156 valence electrons. The topological polar surface area (TPSA) is 80.0 Å². The highest BCUT2D eigenvalue weighted by atomic mass is 16.4. The summed E-state index contributed by atoms with van der Waals surface area (Å²) in [5, 5.41) is 11.3. The Morgan fingerprint density at radius 3 is 2.45 bits per heavy atom. The minimum Gasteiger partial charge on any atom is -0.402 e. The van der Waals surface area contributed by atoms with Crippen molar-refractivity contribution >= 4 is 11.7 Å². The summed E-state index contributed by atoms with van der Waals surface area (Å²) in [6.45, 7) is 4.78. The van der Waals surface area contributed by atoms with E-state index in [1.165, 1.54) is 5.56 Å². The first kappa shape index (κ1) is 20.3. The molecule has 0 atom stereocenters. The summed E-state index contributed by atoms with van der Waals surface area (Å²) < 4.78 is 5.72. The standard InChI is InChI=1S/C24H24N6O/c1-17(30(2)3)19-9-11-20(12-10-19)21-15-25-16-22(27-21)23-28-29-24(31-23)26-14-13-18-7-5-4-6-8-18/h4-12,15-16H,1,13-14H2,2-3H3,(H,26,29). The van der Waals surface area contributed by atoms with Crippen molar-refractivity contribution in [3.63, 3.8) is 0 Å². The lowest BCUT2D eigenvalue weighted by molar-refractivity contribution is 0.578. The van der Waals surface area contributed by atoms with E-state index in [0.29, 0.717) is 24.1 Å². The molecule has 1 N–H and O–H groups in total. The zero-order valence-electron chi connectivity index (χ0n) is 17.6. The van der Waals surface area contributed by atoms with E-state index in [9.17, 15) is 0 Å². The number of hydrogen-bond acceptors (Lipinski definition) is 7. The molecule has 4 aromatic rings. The molecule has 31 heavy (non-hydrogen) atoms. The Balaban J connectivity index is 1.44. The molecule has 7 heteroatoms. The van der Waals surface area contributed by atoms with E-state index in [1.807, 2.05) is 61.5 Å². The van der Waals surface area contributed by atoms with Crippen molar-refractivity contribution in [2.24, 2.45) is 0 Å². The van der Waals surface area contributed by atoms with E-state index < -0.39 is 0 Å². The number of benzene rings is 2. The first-order chi connectivity index (χ1) is 15.1. The van der Waals surface area contributed by atoms with Crippen molar-refractivity contribution in [1.82, 2.24) is 25.1 Å². The van der Waals surface area contributed by atoms with Gasteiger partial charge in [0.05, 0.1) is 18.1 Å². The maximum absolute atomic E-state index is 5.72. The number of anilines is 1. The summed E-state index contributed by atoms with van der Waals surface area (Å²) in [7, 11) is 3.95. The SMILES string of the molecule is C=C(c1ccc(-c2cncc(-c3nnc(NCCc4ccccc4)o3)n2)cc1)N(C)C. The lowest BCUT2D eigenvalue weighted by Gasteiger charge is -2.15. The molecule has 2 aromatic heterocycles. The van der Waals surface area contributed by atoms with Crippen LogP contribution in [0.4, 0.5) is 6.01 Å². The van der Waals surface area contributed by atoms with Gasteiger partial charge in [-0.1, -0.05) is 66.3 Å². The van der Waals surface area contributed by atoms with Gasteiger partial charge in [0.1, 0.15) is 5.69 Å². The molecule has 0 bridgehead atoms. The molecule has 0 unspecified atom stereocenters. The molecule has 0 aliphatic rings. The fraction of sp³-hybridized carbons (Fsp3) is 0.167. The molecule has 2 heterocycles. The van der Waals surface area contributed by atoms with Crippen LogP contribution < -0.4 is 5.32 Å². The van der Waals surface area contributed by atoms with Gasteiger partial charge in [-0.15, -0.1) is 5.10 Å². The molecular formula is C24H24N6O. The fourth-order valence-electron chi connectivity index (χ4n) is 3.06. The largest absolute Gasteiger partial charge is 0.402 e. The number of aromatic nitrogens is 4. The lowest BCUT2D eigenvalue weighted by Crippen LogP contribution is -2.08. The molecule has 2 aromatic carbocycles. The van der Waals surface area contributed by atoms with Crippen molar-refractivity contribution in [3.8, 4) is 22.8 Å². The molecule has 0 spiro atoms. The van der Waals surface area contributed by atoms with Gasteiger partial charge in [-0.3, -0.25) is 4.98 Å². The first-order valence-corrected chi connectivity index (χ1v) is 10.0. The van der Waals surface area contributed by atoms with Gasteiger partial charge in [0.2, 0.25) is 0 Å². The van der Waals surface area contributed by atoms with Crippen LogP contribution in [0.1, 0.15) is 11.1 Å². The van der Waals surface area contributed by atoms with Crippen LogP contribution in [0.15, 0.2) is 78.0 Å². The number of nitrogens with zero attached hydrogens (tertiary/aromatic N) is 5. The van der Waals surface area contributed by atoms with E-state index in [4.69, 9.17) is 4.42 Å². The van der Waals surface area contributed by atoms with Gasteiger partial charge in [0.15, 0.2) is 0 Å². The molecule has 7 nitrogen and oxygen atoms in total. The highest BCUT2D eigenvalue weighted by Crippen LogP contribution is 2.24. The highest BCUT2D eigenvalue weighted by Gasteiger charge is 2.12. The number of rotatable bonds is 8. The van der Waals surface area contributed by atoms with E-state index in [2.05, 4.69) is 44.2 Å². The van der Waals surface area contributed by atoms with Crippen LogP contribution in [0, 0.1) is 0 Å². The van der Waals surface area contributed by atoms with Gasteiger partial charge in [-0.05, 0) is 17.5 Å². The van der Waals surface area contributed by atoms with E-state index in [1.54, 1.807) is 12.4 Å². The third-order valence-corrected chi connectivity index (χ3v) is 4.87. The van der Waals surface area contributed by atoms with Crippen LogP contribution in [0.2, 0.25) is 0 Å². The molecular weight excluding hydrogens is 388 g/mol. The normalized spacial score (nSPS) is 10.6. The van der Waals surface area contributed by atoms with E-state index >= 15 is 0 Å². The zero-order chi connectivity index (χ0) is 21.6. The fourth-order valence-corrected chi connectivity index (χ4v) is 3.06. The predicted molar refractivity (Wildman–Crippen MR) is 122 cm³/mol. The van der Waals surface area contributed by atoms with Crippen LogP contribution in [0.5, 0.6) is 0 Å². The molecule has 0 amide bonds. The smallest absolute Gasteiger partial charge is 0.315 e. The van der Waals surface area contributed by atoms with Gasteiger partial charge in [0, 0.05) is 31.9 Å². The van der Waals surface area contributed by atoms with Gasteiger partial charge in [0.25, 0.3) is 5.89 Å². The summed E-state index contributed by atoms with van der Waals surface area (Å²) in [4.78, 5) is 10.9. The van der Waals surface area contributed by atoms with Crippen molar-refractivity contribution in [2.45, 2.75) is 6.42 Å². The Hall–Kier alpha value is -4.00. The van der Waals surface area contributed by atoms with Gasteiger partial charge in [-0.25, -0.2) is 4.98 Å². The summed E-state index contributed by atoms with van der Waals surface area (Å²) in [5.41, 5.74) is 5.46. The van der Waals surface area contributed by atoms with Crippen molar-refractivity contribution in [3.05, 3.63) is 84.7 Å². The summed E-state index contributed by atoms with van der Waals surface area (Å²) in [6, 6.07) is 18.6. The van der Waals surface area contributed by atoms with E-state index in [-0.39, 0.29) is 0 Å². The summed E-state index contributed by atoms with van der Waals surface area (Å²) >= 11 is 0. The van der Waals surface area contributed by atoms with Crippen molar-refractivity contribution in [2.75, 3.05) is 26.0 Å². The average Bonchev–Trinajstić information content (AvgIpc) is 3.28. The first-order valence-electron chi connectivity index (χ1n) is 10.0. The molecule has 0 aliphatic carbocycles. The second-order valence-corrected chi connectivity index (χ2v) is 7.28. The number of nitrogens with one attached hydrogen (secondary N) is 1.